The number of aromatic hydroxyl groups is 1. The van der Waals surface area contributed by atoms with Gasteiger partial charge in [-0.3, -0.25) is 0 Å². The predicted molar refractivity (Wildman–Crippen MR) is 50.2 cm³/mol. The highest BCUT2D eigenvalue weighted by Crippen LogP contribution is 2.13. The van der Waals surface area contributed by atoms with Crippen molar-refractivity contribution in [3.05, 3.63) is 29.8 Å². The van der Waals surface area contributed by atoms with Crippen LogP contribution in [-0.4, -0.2) is 29.4 Å². The molecule has 1 aromatic rings. The van der Waals surface area contributed by atoms with Crippen LogP contribution in [-0.2, 0) is 16.0 Å². The average molecular weight is 196 g/mol. The summed E-state index contributed by atoms with van der Waals surface area (Å²) in [6, 6.07) is 6.47. The van der Waals surface area contributed by atoms with E-state index in [1.54, 1.807) is 12.1 Å². The fourth-order valence-corrected chi connectivity index (χ4v) is 1.17. The quantitative estimate of drug-likeness (QED) is 0.754. The van der Waals surface area contributed by atoms with E-state index in [2.05, 4.69) is 0 Å². The van der Waals surface area contributed by atoms with Gasteiger partial charge in [0, 0.05) is 13.5 Å². The highest BCUT2D eigenvalue weighted by molar-refractivity contribution is 5.72. The van der Waals surface area contributed by atoms with Gasteiger partial charge >= 0.3 is 5.97 Å². The third kappa shape index (κ3) is 2.74. The second-order valence-corrected chi connectivity index (χ2v) is 2.94. The third-order valence-electron chi connectivity index (χ3n) is 1.89. The fraction of sp³-hybridized carbons (Fsp3) is 0.300. The Morgan fingerprint density at radius 2 is 2.29 bits per heavy atom. The number of aliphatic carboxylic acids is 1. The van der Waals surface area contributed by atoms with Gasteiger partial charge in [-0.25, -0.2) is 4.79 Å². The molecule has 0 aliphatic heterocycles. The fourth-order valence-electron chi connectivity index (χ4n) is 1.17. The van der Waals surface area contributed by atoms with Gasteiger partial charge in [0.1, 0.15) is 5.75 Å². The van der Waals surface area contributed by atoms with E-state index in [4.69, 9.17) is 14.9 Å². The van der Waals surface area contributed by atoms with E-state index < -0.39 is 12.1 Å². The molecule has 4 heteroatoms. The summed E-state index contributed by atoms with van der Waals surface area (Å²) < 4.78 is 4.77. The van der Waals surface area contributed by atoms with Gasteiger partial charge in [-0.15, -0.1) is 0 Å². The molecule has 0 unspecified atom stereocenters. The number of hydrogen-bond acceptors (Lipinski definition) is 3. The van der Waals surface area contributed by atoms with Gasteiger partial charge in [0.25, 0.3) is 0 Å². The van der Waals surface area contributed by atoms with Crippen LogP contribution in [0.15, 0.2) is 24.3 Å². The van der Waals surface area contributed by atoms with E-state index in [0.29, 0.717) is 0 Å². The molecule has 0 aliphatic rings. The van der Waals surface area contributed by atoms with Crippen LogP contribution in [0.3, 0.4) is 0 Å². The number of phenolic OH excluding ortho intramolecular Hbond substituents is 1. The Kier molecular flexibility index (Phi) is 3.48. The lowest BCUT2D eigenvalue weighted by molar-refractivity contribution is -0.148. The summed E-state index contributed by atoms with van der Waals surface area (Å²) in [6.45, 7) is 0. The van der Waals surface area contributed by atoms with Crippen molar-refractivity contribution in [3.8, 4) is 5.75 Å². The summed E-state index contributed by atoms with van der Waals surface area (Å²) >= 11 is 0. The highest BCUT2D eigenvalue weighted by Gasteiger charge is 2.16. The number of carboxylic acid groups (broad SMARTS) is 1. The lowest BCUT2D eigenvalue weighted by Crippen LogP contribution is -2.24. The van der Waals surface area contributed by atoms with E-state index >= 15 is 0 Å². The van der Waals surface area contributed by atoms with Gasteiger partial charge in [-0.1, -0.05) is 12.1 Å². The molecule has 0 aliphatic carbocycles. The molecule has 14 heavy (non-hydrogen) atoms. The average Bonchev–Trinajstić information content (AvgIpc) is 2.14. The van der Waals surface area contributed by atoms with Crippen LogP contribution in [0.4, 0.5) is 0 Å². The molecule has 1 atom stereocenters. The first kappa shape index (κ1) is 10.5. The van der Waals surface area contributed by atoms with E-state index in [9.17, 15) is 4.79 Å². The molecular formula is C10H12O4. The van der Waals surface area contributed by atoms with Crippen LogP contribution < -0.4 is 0 Å². The first-order valence-corrected chi connectivity index (χ1v) is 4.17. The van der Waals surface area contributed by atoms with Gasteiger partial charge < -0.3 is 14.9 Å². The summed E-state index contributed by atoms with van der Waals surface area (Å²) in [4.78, 5) is 10.6. The van der Waals surface area contributed by atoms with Crippen LogP contribution in [0, 0.1) is 0 Å². The molecule has 0 aromatic heterocycles. The van der Waals surface area contributed by atoms with Gasteiger partial charge in [0.15, 0.2) is 6.10 Å². The Hall–Kier alpha value is -1.55. The Morgan fingerprint density at radius 3 is 2.79 bits per heavy atom. The number of phenols is 1. The summed E-state index contributed by atoms with van der Waals surface area (Å²) in [7, 11) is 1.35. The number of hydrogen-bond donors (Lipinski definition) is 2. The molecule has 4 nitrogen and oxygen atoms in total. The number of ether oxygens (including phenoxy) is 1. The standard InChI is InChI=1S/C10H12O4/c1-14-9(10(12)13)6-7-3-2-4-8(11)5-7/h2-5,9,11H,6H2,1H3,(H,12,13)/t9-/m1/s1. The second kappa shape index (κ2) is 4.62. The molecule has 2 N–H and O–H groups in total. The smallest absolute Gasteiger partial charge is 0.333 e. The molecular weight excluding hydrogens is 184 g/mol. The third-order valence-corrected chi connectivity index (χ3v) is 1.89. The largest absolute Gasteiger partial charge is 0.508 e. The number of carbonyl (C=O) groups is 1. The Balaban J connectivity index is 2.72. The molecule has 0 fully saturated rings. The maximum Gasteiger partial charge on any atom is 0.333 e. The van der Waals surface area contributed by atoms with Crippen molar-refractivity contribution in [3.63, 3.8) is 0 Å². The number of carboxylic acids is 1. The van der Waals surface area contributed by atoms with Gasteiger partial charge in [0.2, 0.25) is 0 Å². The van der Waals surface area contributed by atoms with Crippen molar-refractivity contribution in [1.29, 1.82) is 0 Å². The molecule has 0 bridgehead atoms. The van der Waals surface area contributed by atoms with Crippen LogP contribution in [0.1, 0.15) is 5.56 Å². The molecule has 1 rings (SSSR count). The first-order chi connectivity index (χ1) is 6.63. The molecule has 1 aromatic carbocycles. The minimum absolute atomic E-state index is 0.128. The van der Waals surface area contributed by atoms with Crippen LogP contribution in [0.25, 0.3) is 0 Å². The van der Waals surface area contributed by atoms with Crippen LogP contribution >= 0.6 is 0 Å². The Bertz CT molecular complexity index is 322. The maximum atomic E-state index is 10.6. The van der Waals surface area contributed by atoms with Crippen molar-refractivity contribution >= 4 is 5.97 Å². The van der Waals surface area contributed by atoms with E-state index in [-0.39, 0.29) is 12.2 Å². The second-order valence-electron chi connectivity index (χ2n) is 2.94. The number of methoxy groups -OCH3 is 1. The van der Waals surface area contributed by atoms with Crippen molar-refractivity contribution < 1.29 is 19.7 Å². The van der Waals surface area contributed by atoms with Crippen LogP contribution in [0.5, 0.6) is 5.75 Å². The monoisotopic (exact) mass is 196 g/mol. The van der Waals surface area contributed by atoms with Crippen molar-refractivity contribution in [1.82, 2.24) is 0 Å². The minimum Gasteiger partial charge on any atom is -0.508 e. The minimum atomic E-state index is -1.00. The van der Waals surface area contributed by atoms with Gasteiger partial charge in [-0.2, -0.15) is 0 Å². The van der Waals surface area contributed by atoms with E-state index in [0.717, 1.165) is 5.56 Å². The van der Waals surface area contributed by atoms with Gasteiger partial charge in [-0.05, 0) is 17.7 Å². The molecule has 76 valence electrons. The molecule has 0 spiro atoms. The van der Waals surface area contributed by atoms with Gasteiger partial charge in [0.05, 0.1) is 0 Å². The van der Waals surface area contributed by atoms with E-state index in [1.807, 2.05) is 0 Å². The van der Waals surface area contributed by atoms with Crippen molar-refractivity contribution in [2.75, 3.05) is 7.11 Å². The lowest BCUT2D eigenvalue weighted by Gasteiger charge is -2.09. The zero-order valence-electron chi connectivity index (χ0n) is 7.80. The molecule has 0 amide bonds. The molecule has 0 heterocycles. The topological polar surface area (TPSA) is 66.8 Å². The first-order valence-electron chi connectivity index (χ1n) is 4.17. The highest BCUT2D eigenvalue weighted by atomic mass is 16.5. The molecule has 0 saturated carbocycles. The Morgan fingerprint density at radius 1 is 1.57 bits per heavy atom. The summed E-state index contributed by atoms with van der Waals surface area (Å²) in [6.07, 6.45) is -0.614. The predicted octanol–water partition coefficient (Wildman–Crippen LogP) is 1.03. The SMILES string of the molecule is CO[C@H](Cc1cccc(O)c1)C(=O)O. The number of benzene rings is 1. The normalized spacial score (nSPS) is 12.4. The zero-order valence-corrected chi connectivity index (χ0v) is 7.80. The zero-order chi connectivity index (χ0) is 10.6. The molecule has 0 saturated heterocycles. The molecule has 0 radical (unpaired) electrons. The van der Waals surface area contributed by atoms with Crippen molar-refractivity contribution in [2.24, 2.45) is 0 Å². The lowest BCUT2D eigenvalue weighted by atomic mass is 10.1. The van der Waals surface area contributed by atoms with Crippen molar-refractivity contribution in [2.45, 2.75) is 12.5 Å². The summed E-state index contributed by atoms with van der Waals surface area (Å²) in [5.41, 5.74) is 0.735. The number of rotatable bonds is 4. The summed E-state index contributed by atoms with van der Waals surface area (Å²) in [5.74, 6) is -0.876. The van der Waals surface area contributed by atoms with Crippen LogP contribution in [0.2, 0.25) is 0 Å². The van der Waals surface area contributed by atoms with E-state index in [1.165, 1.54) is 19.2 Å². The maximum absolute atomic E-state index is 10.6. The summed E-state index contributed by atoms with van der Waals surface area (Å²) in [5, 5.41) is 17.9. The Labute approximate surface area is 81.8 Å².